The monoisotopic (exact) mass is 468 g/mol. The van der Waals surface area contributed by atoms with E-state index in [1.54, 1.807) is 25.1 Å². The SMILES string of the molecule is Cc1ccc(-c2ccc(C(F)(F)Oc3ccc(/C=C/C4CCC(C)CC4)cc3)c(F)c2)c(F)c1. The van der Waals surface area contributed by atoms with E-state index in [4.69, 9.17) is 4.74 Å². The fourth-order valence-electron chi connectivity index (χ4n) is 4.35. The van der Waals surface area contributed by atoms with Crippen molar-refractivity contribution < 1.29 is 22.3 Å². The Morgan fingerprint density at radius 3 is 2.21 bits per heavy atom. The van der Waals surface area contributed by atoms with Gasteiger partial charge in [-0.1, -0.05) is 62.2 Å². The van der Waals surface area contributed by atoms with Gasteiger partial charge in [-0.05, 0) is 78.6 Å². The summed E-state index contributed by atoms with van der Waals surface area (Å²) < 4.78 is 63.1. The number of halogens is 4. The number of aryl methyl sites for hydroxylation is 1. The standard InChI is InChI=1S/C29H28F4O/c1-19-3-6-21(7-4-19)8-9-22-10-13-24(14-11-22)34-29(32,33)26-16-12-23(18-28(26)31)25-15-5-20(2)17-27(25)30/h5,8-19,21H,3-4,6-7H2,1-2H3/b9-8+. The fourth-order valence-corrected chi connectivity index (χ4v) is 4.35. The van der Waals surface area contributed by atoms with Gasteiger partial charge in [0.15, 0.2) is 0 Å². The topological polar surface area (TPSA) is 9.23 Å². The summed E-state index contributed by atoms with van der Waals surface area (Å²) in [6.07, 6.45) is 5.11. The van der Waals surface area contributed by atoms with Gasteiger partial charge >= 0.3 is 6.11 Å². The van der Waals surface area contributed by atoms with Crippen LogP contribution in [0.4, 0.5) is 17.6 Å². The first-order valence-electron chi connectivity index (χ1n) is 11.6. The number of benzene rings is 3. The zero-order valence-corrected chi connectivity index (χ0v) is 19.3. The van der Waals surface area contributed by atoms with Crippen LogP contribution in [0.25, 0.3) is 17.2 Å². The Labute approximate surface area is 198 Å². The van der Waals surface area contributed by atoms with Gasteiger partial charge in [0.1, 0.15) is 17.4 Å². The molecular weight excluding hydrogens is 440 g/mol. The van der Waals surface area contributed by atoms with Crippen LogP contribution in [0.3, 0.4) is 0 Å². The van der Waals surface area contributed by atoms with E-state index < -0.39 is 23.3 Å². The summed E-state index contributed by atoms with van der Waals surface area (Å²) in [6.45, 7) is 4.01. The minimum Gasteiger partial charge on any atom is -0.429 e. The number of rotatable bonds is 6. The molecule has 0 unspecified atom stereocenters. The second-order valence-electron chi connectivity index (χ2n) is 9.24. The van der Waals surface area contributed by atoms with Crippen LogP contribution < -0.4 is 4.74 Å². The van der Waals surface area contributed by atoms with Crippen LogP contribution in [0, 0.1) is 30.4 Å². The predicted octanol–water partition coefficient (Wildman–Crippen LogP) is 8.91. The highest BCUT2D eigenvalue weighted by Gasteiger charge is 2.37. The van der Waals surface area contributed by atoms with Crippen LogP contribution in [0.15, 0.2) is 66.7 Å². The summed E-state index contributed by atoms with van der Waals surface area (Å²) in [6, 6.07) is 13.9. The van der Waals surface area contributed by atoms with Crippen molar-refractivity contribution >= 4 is 6.08 Å². The summed E-state index contributed by atoms with van der Waals surface area (Å²) in [5.41, 5.74) is 1.03. The van der Waals surface area contributed by atoms with Gasteiger partial charge < -0.3 is 4.74 Å². The molecule has 0 aliphatic heterocycles. The Balaban J connectivity index is 1.45. The molecule has 4 rings (SSSR count). The van der Waals surface area contributed by atoms with Crippen molar-refractivity contribution in [2.24, 2.45) is 11.8 Å². The highest BCUT2D eigenvalue weighted by molar-refractivity contribution is 5.65. The summed E-state index contributed by atoms with van der Waals surface area (Å²) in [7, 11) is 0. The van der Waals surface area contributed by atoms with Crippen LogP contribution in [0.2, 0.25) is 0 Å². The van der Waals surface area contributed by atoms with E-state index in [0.717, 1.165) is 23.6 Å². The molecule has 1 aliphatic carbocycles. The Morgan fingerprint density at radius 2 is 1.56 bits per heavy atom. The van der Waals surface area contributed by atoms with Gasteiger partial charge in [-0.25, -0.2) is 8.78 Å². The van der Waals surface area contributed by atoms with E-state index in [-0.39, 0.29) is 16.9 Å². The number of ether oxygens (including phenoxy) is 1. The molecule has 34 heavy (non-hydrogen) atoms. The third kappa shape index (κ3) is 5.69. The predicted molar refractivity (Wildman–Crippen MR) is 128 cm³/mol. The normalized spacial score (nSPS) is 18.9. The molecule has 1 fully saturated rings. The summed E-state index contributed by atoms with van der Waals surface area (Å²) in [5.74, 6) is -0.434. The Hall–Kier alpha value is -3.08. The number of hydrogen-bond acceptors (Lipinski definition) is 1. The fraction of sp³-hybridized carbons (Fsp3) is 0.310. The maximum absolute atomic E-state index is 14.7. The molecule has 1 aliphatic rings. The molecule has 1 nitrogen and oxygen atoms in total. The molecule has 3 aromatic rings. The molecule has 0 bridgehead atoms. The van der Waals surface area contributed by atoms with Crippen LogP contribution >= 0.6 is 0 Å². The van der Waals surface area contributed by atoms with Gasteiger partial charge in [-0.2, -0.15) is 8.78 Å². The molecule has 0 N–H and O–H groups in total. The van der Waals surface area contributed by atoms with E-state index in [1.807, 2.05) is 6.08 Å². The summed E-state index contributed by atoms with van der Waals surface area (Å²) in [5, 5.41) is 0. The van der Waals surface area contributed by atoms with Gasteiger partial charge in [0.2, 0.25) is 0 Å². The Morgan fingerprint density at radius 1 is 0.853 bits per heavy atom. The first-order chi connectivity index (χ1) is 16.2. The molecular formula is C29H28F4O. The van der Waals surface area contributed by atoms with Crippen molar-refractivity contribution in [3.8, 4) is 16.9 Å². The van der Waals surface area contributed by atoms with Crippen molar-refractivity contribution in [1.29, 1.82) is 0 Å². The largest absolute Gasteiger partial charge is 0.429 e. The molecule has 5 heteroatoms. The molecule has 0 radical (unpaired) electrons. The lowest BCUT2D eigenvalue weighted by molar-refractivity contribution is -0.187. The van der Waals surface area contributed by atoms with Crippen LogP contribution in [-0.2, 0) is 6.11 Å². The van der Waals surface area contributed by atoms with E-state index in [1.165, 1.54) is 56.0 Å². The lowest BCUT2D eigenvalue weighted by atomic mass is 9.83. The second kappa shape index (κ2) is 10.0. The van der Waals surface area contributed by atoms with Crippen LogP contribution in [0.1, 0.15) is 49.3 Å². The molecule has 0 atom stereocenters. The molecule has 0 amide bonds. The first kappa shape index (κ1) is 24.1. The highest BCUT2D eigenvalue weighted by Crippen LogP contribution is 2.36. The minimum atomic E-state index is -3.88. The van der Waals surface area contributed by atoms with Crippen molar-refractivity contribution in [3.05, 3.63) is 95.1 Å². The van der Waals surface area contributed by atoms with Crippen molar-refractivity contribution in [1.82, 2.24) is 0 Å². The van der Waals surface area contributed by atoms with Crippen molar-refractivity contribution in [2.75, 3.05) is 0 Å². The van der Waals surface area contributed by atoms with E-state index in [0.29, 0.717) is 11.5 Å². The van der Waals surface area contributed by atoms with E-state index in [2.05, 4.69) is 13.0 Å². The van der Waals surface area contributed by atoms with Crippen molar-refractivity contribution in [2.45, 2.75) is 45.6 Å². The lowest BCUT2D eigenvalue weighted by Gasteiger charge is -2.23. The maximum atomic E-state index is 14.7. The van der Waals surface area contributed by atoms with Gasteiger partial charge in [0, 0.05) is 5.56 Å². The lowest BCUT2D eigenvalue weighted by Crippen LogP contribution is -2.23. The van der Waals surface area contributed by atoms with Gasteiger partial charge in [-0.3, -0.25) is 0 Å². The Bertz CT molecular complexity index is 1160. The highest BCUT2D eigenvalue weighted by atomic mass is 19.3. The molecule has 0 saturated heterocycles. The van der Waals surface area contributed by atoms with Gasteiger partial charge in [0.25, 0.3) is 0 Å². The average molecular weight is 469 g/mol. The summed E-state index contributed by atoms with van der Waals surface area (Å²) in [4.78, 5) is 0. The molecule has 3 aromatic carbocycles. The van der Waals surface area contributed by atoms with Crippen LogP contribution in [-0.4, -0.2) is 0 Å². The van der Waals surface area contributed by atoms with E-state index in [9.17, 15) is 17.6 Å². The number of hydrogen-bond donors (Lipinski definition) is 0. The zero-order valence-electron chi connectivity index (χ0n) is 19.3. The summed E-state index contributed by atoms with van der Waals surface area (Å²) >= 11 is 0. The molecule has 0 aromatic heterocycles. The first-order valence-corrected chi connectivity index (χ1v) is 11.6. The third-order valence-corrected chi connectivity index (χ3v) is 6.47. The van der Waals surface area contributed by atoms with Gasteiger partial charge in [0.05, 0.1) is 5.56 Å². The number of alkyl halides is 2. The minimum absolute atomic E-state index is 0.0679. The smallest absolute Gasteiger partial charge is 0.429 e. The third-order valence-electron chi connectivity index (χ3n) is 6.47. The van der Waals surface area contributed by atoms with Crippen molar-refractivity contribution in [3.63, 3.8) is 0 Å². The molecule has 1 saturated carbocycles. The molecule has 0 heterocycles. The van der Waals surface area contributed by atoms with E-state index >= 15 is 0 Å². The average Bonchev–Trinajstić information content (AvgIpc) is 2.79. The van der Waals surface area contributed by atoms with Crippen LogP contribution in [0.5, 0.6) is 5.75 Å². The van der Waals surface area contributed by atoms with Gasteiger partial charge in [-0.15, -0.1) is 0 Å². The second-order valence-corrected chi connectivity index (χ2v) is 9.24. The zero-order chi connectivity index (χ0) is 24.3. The Kier molecular flexibility index (Phi) is 7.11. The molecule has 0 spiro atoms. The quantitative estimate of drug-likeness (QED) is 0.328. The maximum Gasteiger partial charge on any atom is 0.429 e. The molecule has 178 valence electrons. The number of allylic oxidation sites excluding steroid dienone is 1.